The molecule has 4 nitrogen and oxygen atoms in total. The monoisotopic (exact) mass is 418 g/mol. The summed E-state index contributed by atoms with van der Waals surface area (Å²) in [4.78, 5) is 26.6. The molecule has 1 aliphatic rings. The molecule has 0 bridgehead atoms. The third-order valence-corrected chi connectivity index (χ3v) is 6.45. The van der Waals surface area contributed by atoms with Crippen LogP contribution in [-0.2, 0) is 4.79 Å². The van der Waals surface area contributed by atoms with Crippen molar-refractivity contribution in [1.82, 2.24) is 10.6 Å². The number of halogens is 1. The van der Waals surface area contributed by atoms with E-state index in [0.717, 1.165) is 27.5 Å². The number of carbonyl (C=O) groups excluding carboxylic acids is 2. The highest BCUT2D eigenvalue weighted by Gasteiger charge is 2.24. The van der Waals surface area contributed by atoms with E-state index in [-0.39, 0.29) is 35.5 Å². The lowest BCUT2D eigenvalue weighted by molar-refractivity contribution is -0.119. The molecule has 7 heteroatoms. The largest absolute Gasteiger partial charge is 0.353 e. The smallest absolute Gasteiger partial charge is 0.252 e. The molecule has 0 aromatic heterocycles. The number of fused-ring (bicyclic) bond motifs is 1. The molecule has 1 unspecified atom stereocenters. The lowest BCUT2D eigenvalue weighted by atomic mass is 10.0. The van der Waals surface area contributed by atoms with E-state index < -0.39 is 0 Å². The second-order valence-corrected chi connectivity index (χ2v) is 9.01. The van der Waals surface area contributed by atoms with Crippen molar-refractivity contribution in [1.29, 1.82) is 0 Å². The lowest BCUT2D eigenvalue weighted by Gasteiger charge is -2.26. The highest BCUT2D eigenvalue weighted by Crippen LogP contribution is 2.36. The van der Waals surface area contributed by atoms with Gasteiger partial charge in [0.25, 0.3) is 5.91 Å². The summed E-state index contributed by atoms with van der Waals surface area (Å²) in [6.07, 6.45) is 0.749. The van der Waals surface area contributed by atoms with Gasteiger partial charge in [0, 0.05) is 21.6 Å². The van der Waals surface area contributed by atoms with Gasteiger partial charge in [-0.3, -0.25) is 9.59 Å². The van der Waals surface area contributed by atoms with E-state index in [1.54, 1.807) is 30.0 Å². The molecule has 0 saturated heterocycles. The zero-order valence-corrected chi connectivity index (χ0v) is 17.5. The Hall–Kier alpha value is -1.99. The predicted octanol–water partition coefficient (Wildman–Crippen LogP) is 4.41. The topological polar surface area (TPSA) is 58.2 Å². The minimum absolute atomic E-state index is 0.0658. The highest BCUT2D eigenvalue weighted by atomic mass is 32.2. The van der Waals surface area contributed by atoms with Crippen LogP contribution in [0.1, 0.15) is 42.2 Å². The van der Waals surface area contributed by atoms with Gasteiger partial charge in [-0.2, -0.15) is 0 Å². The standard InChI is InChI=1S/C21H23FN2O2S2/c1-13(2)23-20(25)12-28-18-6-4-3-5-15(18)21(26)24-17-9-10-27-19-8-7-14(22)11-16(17)19/h3-8,11,13,17H,9-10,12H2,1-2H3,(H,23,25)(H,24,26). The average Bonchev–Trinajstić information content (AvgIpc) is 2.66. The van der Waals surface area contributed by atoms with Crippen LogP contribution < -0.4 is 10.6 Å². The highest BCUT2D eigenvalue weighted by molar-refractivity contribution is 8.00. The Balaban J connectivity index is 1.72. The summed E-state index contributed by atoms with van der Waals surface area (Å²) in [5, 5.41) is 5.89. The van der Waals surface area contributed by atoms with Crippen LogP contribution in [0.5, 0.6) is 0 Å². The van der Waals surface area contributed by atoms with E-state index >= 15 is 0 Å². The molecule has 0 spiro atoms. The Morgan fingerprint density at radius 2 is 2.04 bits per heavy atom. The molecule has 1 atom stereocenters. The van der Waals surface area contributed by atoms with Crippen molar-refractivity contribution in [2.75, 3.05) is 11.5 Å². The van der Waals surface area contributed by atoms with Gasteiger partial charge in [0.1, 0.15) is 5.82 Å². The normalized spacial score (nSPS) is 15.8. The Labute approximate surface area is 173 Å². The molecule has 0 radical (unpaired) electrons. The molecule has 2 aromatic rings. The summed E-state index contributed by atoms with van der Waals surface area (Å²) in [5.74, 6) is 0.544. The summed E-state index contributed by atoms with van der Waals surface area (Å²) >= 11 is 3.02. The third kappa shape index (κ3) is 5.29. The quantitative estimate of drug-likeness (QED) is 0.683. The minimum Gasteiger partial charge on any atom is -0.353 e. The van der Waals surface area contributed by atoms with E-state index in [1.165, 1.54) is 23.9 Å². The van der Waals surface area contributed by atoms with Crippen LogP contribution >= 0.6 is 23.5 Å². The summed E-state index contributed by atoms with van der Waals surface area (Å²) in [5.41, 5.74) is 1.35. The lowest BCUT2D eigenvalue weighted by Crippen LogP contribution is -2.32. The van der Waals surface area contributed by atoms with Crippen molar-refractivity contribution in [3.63, 3.8) is 0 Å². The second-order valence-electron chi connectivity index (χ2n) is 6.85. The number of carbonyl (C=O) groups is 2. The molecule has 0 saturated carbocycles. The molecule has 0 fully saturated rings. The van der Waals surface area contributed by atoms with Crippen LogP contribution in [0.4, 0.5) is 4.39 Å². The predicted molar refractivity (Wildman–Crippen MR) is 112 cm³/mol. The van der Waals surface area contributed by atoms with Gasteiger partial charge in [-0.1, -0.05) is 12.1 Å². The van der Waals surface area contributed by atoms with Crippen LogP contribution in [0, 0.1) is 5.82 Å². The first-order valence-electron chi connectivity index (χ1n) is 9.18. The van der Waals surface area contributed by atoms with Crippen LogP contribution in [0.2, 0.25) is 0 Å². The number of nitrogens with one attached hydrogen (secondary N) is 2. The van der Waals surface area contributed by atoms with Gasteiger partial charge in [0.05, 0.1) is 17.4 Å². The Kier molecular flexibility index (Phi) is 7.02. The van der Waals surface area contributed by atoms with Crippen molar-refractivity contribution in [2.45, 2.75) is 42.1 Å². The third-order valence-electron chi connectivity index (χ3n) is 4.26. The Morgan fingerprint density at radius 3 is 2.82 bits per heavy atom. The number of hydrogen-bond donors (Lipinski definition) is 2. The molecule has 2 amide bonds. The molecular formula is C21H23FN2O2S2. The minimum atomic E-state index is -0.299. The fourth-order valence-electron chi connectivity index (χ4n) is 3.04. The van der Waals surface area contributed by atoms with Crippen molar-refractivity contribution in [3.05, 3.63) is 59.4 Å². The summed E-state index contributed by atoms with van der Waals surface area (Å²) in [7, 11) is 0. The maximum atomic E-state index is 13.7. The van der Waals surface area contributed by atoms with Crippen molar-refractivity contribution >= 4 is 35.3 Å². The Bertz CT molecular complexity index is 873. The average molecular weight is 419 g/mol. The molecule has 2 N–H and O–H groups in total. The fourth-order valence-corrected chi connectivity index (χ4v) is 5.00. The number of amides is 2. The van der Waals surface area contributed by atoms with Gasteiger partial charge in [-0.15, -0.1) is 23.5 Å². The zero-order valence-electron chi connectivity index (χ0n) is 15.8. The van der Waals surface area contributed by atoms with Crippen LogP contribution in [-0.4, -0.2) is 29.4 Å². The first-order chi connectivity index (χ1) is 13.4. The Morgan fingerprint density at radius 1 is 1.25 bits per heavy atom. The van der Waals surface area contributed by atoms with Gasteiger partial charge in [-0.05, 0) is 56.2 Å². The molecule has 28 heavy (non-hydrogen) atoms. The van der Waals surface area contributed by atoms with Gasteiger partial charge in [0.2, 0.25) is 5.91 Å². The number of benzene rings is 2. The van der Waals surface area contributed by atoms with Crippen molar-refractivity contribution < 1.29 is 14.0 Å². The maximum Gasteiger partial charge on any atom is 0.252 e. The zero-order chi connectivity index (χ0) is 20.1. The molecule has 2 aromatic carbocycles. The van der Waals surface area contributed by atoms with E-state index in [0.29, 0.717) is 5.56 Å². The van der Waals surface area contributed by atoms with Gasteiger partial charge >= 0.3 is 0 Å². The molecular weight excluding hydrogens is 395 g/mol. The SMILES string of the molecule is CC(C)NC(=O)CSc1ccccc1C(=O)NC1CCSc2ccc(F)cc21. The van der Waals surface area contributed by atoms with Crippen molar-refractivity contribution in [2.24, 2.45) is 0 Å². The molecule has 3 rings (SSSR count). The number of hydrogen-bond acceptors (Lipinski definition) is 4. The van der Waals surface area contributed by atoms with Crippen LogP contribution in [0.15, 0.2) is 52.3 Å². The van der Waals surface area contributed by atoms with Crippen LogP contribution in [0.3, 0.4) is 0 Å². The summed E-state index contributed by atoms with van der Waals surface area (Å²) < 4.78 is 13.7. The van der Waals surface area contributed by atoms with E-state index in [9.17, 15) is 14.0 Å². The second kappa shape index (κ2) is 9.47. The van der Waals surface area contributed by atoms with Crippen LogP contribution in [0.25, 0.3) is 0 Å². The van der Waals surface area contributed by atoms with E-state index in [1.807, 2.05) is 26.0 Å². The molecule has 1 heterocycles. The summed E-state index contributed by atoms with van der Waals surface area (Å²) in [6, 6.07) is 11.8. The fraction of sp³-hybridized carbons (Fsp3) is 0.333. The summed E-state index contributed by atoms with van der Waals surface area (Å²) in [6.45, 7) is 3.82. The van der Waals surface area contributed by atoms with Gasteiger partial charge in [-0.25, -0.2) is 4.39 Å². The number of thioether (sulfide) groups is 2. The first kappa shape index (κ1) is 20.7. The van der Waals surface area contributed by atoms with E-state index in [4.69, 9.17) is 0 Å². The van der Waals surface area contributed by atoms with E-state index in [2.05, 4.69) is 10.6 Å². The first-order valence-corrected chi connectivity index (χ1v) is 11.2. The molecule has 148 valence electrons. The van der Waals surface area contributed by atoms with Crippen molar-refractivity contribution in [3.8, 4) is 0 Å². The van der Waals surface area contributed by atoms with Gasteiger partial charge in [0.15, 0.2) is 0 Å². The maximum absolute atomic E-state index is 13.7. The number of rotatable bonds is 6. The molecule has 0 aliphatic carbocycles. The molecule has 1 aliphatic heterocycles. The van der Waals surface area contributed by atoms with Gasteiger partial charge < -0.3 is 10.6 Å².